The average molecular weight is 335 g/mol. The van der Waals surface area contributed by atoms with Crippen LogP contribution in [0.3, 0.4) is 0 Å². The molecule has 1 aromatic heterocycles. The molecule has 0 saturated heterocycles. The summed E-state index contributed by atoms with van der Waals surface area (Å²) in [5, 5.41) is 1.17. The second-order valence-electron chi connectivity index (χ2n) is 3.56. The van der Waals surface area contributed by atoms with E-state index in [1.54, 1.807) is 12.1 Å². The second-order valence-corrected chi connectivity index (χ2v) is 5.15. The third-order valence-electron chi connectivity index (χ3n) is 2.53. The quantitative estimate of drug-likeness (QED) is 0.911. The number of nitrogens with two attached hydrogens (primary N) is 1. The highest BCUT2D eigenvalue weighted by atomic mass is 79.9. The smallest absolute Gasteiger partial charge is 0.142 e. The lowest BCUT2D eigenvalue weighted by molar-refractivity contribution is 0.825. The molecule has 0 radical (unpaired) electrons. The fraction of sp³-hybridized carbons (Fsp3) is 0.182. The summed E-state index contributed by atoms with van der Waals surface area (Å²) in [6, 6.07) is 5.33. The fourth-order valence-electron chi connectivity index (χ4n) is 1.63. The van der Waals surface area contributed by atoms with Crippen molar-refractivity contribution in [3.05, 3.63) is 38.5 Å². The Morgan fingerprint density at radius 1 is 1.41 bits per heavy atom. The summed E-state index contributed by atoms with van der Waals surface area (Å²) in [4.78, 5) is 4.41. The van der Waals surface area contributed by atoms with E-state index >= 15 is 0 Å². The number of nitrogens with zero attached hydrogens (tertiary/aromatic N) is 2. The summed E-state index contributed by atoms with van der Waals surface area (Å²) in [5.74, 6) is 0.763. The summed E-state index contributed by atoms with van der Waals surface area (Å²) in [5.41, 5.74) is 7.41. The second kappa shape index (κ2) is 4.98. The standard InChI is InChI=1S/C11H10BrCl2N3/c1-17-9(5-15)10(12)16-11(17)7-3-2-6(13)4-8(7)14/h2-4H,5,15H2,1H3. The van der Waals surface area contributed by atoms with E-state index in [1.807, 2.05) is 17.7 Å². The largest absolute Gasteiger partial charge is 0.329 e. The molecule has 0 aliphatic heterocycles. The first-order valence-electron chi connectivity index (χ1n) is 4.91. The Balaban J connectivity index is 2.61. The molecule has 6 heteroatoms. The third-order valence-corrected chi connectivity index (χ3v) is 3.71. The van der Waals surface area contributed by atoms with Gasteiger partial charge in [0.25, 0.3) is 0 Å². The zero-order valence-corrected chi connectivity index (χ0v) is 12.1. The first kappa shape index (κ1) is 12.9. The van der Waals surface area contributed by atoms with Crippen molar-refractivity contribution >= 4 is 39.1 Å². The number of hydrogen-bond donors (Lipinski definition) is 1. The predicted octanol–water partition coefficient (Wildman–Crippen LogP) is 3.62. The monoisotopic (exact) mass is 333 g/mol. The zero-order chi connectivity index (χ0) is 12.6. The number of hydrogen-bond acceptors (Lipinski definition) is 2. The molecule has 17 heavy (non-hydrogen) atoms. The minimum Gasteiger partial charge on any atom is -0.329 e. The van der Waals surface area contributed by atoms with Crippen LogP contribution in [0, 0.1) is 0 Å². The Bertz CT molecular complexity index is 566. The normalized spacial score (nSPS) is 10.9. The lowest BCUT2D eigenvalue weighted by Gasteiger charge is -2.06. The summed E-state index contributed by atoms with van der Waals surface area (Å²) >= 11 is 15.4. The Labute approximate surface area is 118 Å². The number of imidazole rings is 1. The van der Waals surface area contributed by atoms with E-state index in [4.69, 9.17) is 28.9 Å². The van der Waals surface area contributed by atoms with Crippen LogP contribution in [0.4, 0.5) is 0 Å². The van der Waals surface area contributed by atoms with Crippen molar-refractivity contribution < 1.29 is 0 Å². The number of rotatable bonds is 2. The molecule has 0 spiro atoms. The van der Waals surface area contributed by atoms with Crippen molar-refractivity contribution in [2.45, 2.75) is 6.54 Å². The van der Waals surface area contributed by atoms with Crippen molar-refractivity contribution in [1.82, 2.24) is 9.55 Å². The molecule has 90 valence electrons. The van der Waals surface area contributed by atoms with Crippen LogP contribution in [0.1, 0.15) is 5.69 Å². The van der Waals surface area contributed by atoms with Crippen LogP contribution >= 0.6 is 39.1 Å². The lowest BCUT2D eigenvalue weighted by Crippen LogP contribution is -2.04. The summed E-state index contributed by atoms with van der Waals surface area (Å²) in [7, 11) is 1.90. The van der Waals surface area contributed by atoms with E-state index in [-0.39, 0.29) is 0 Å². The van der Waals surface area contributed by atoms with Gasteiger partial charge in [0, 0.05) is 24.2 Å². The van der Waals surface area contributed by atoms with Crippen molar-refractivity contribution in [1.29, 1.82) is 0 Å². The third kappa shape index (κ3) is 2.36. The molecule has 1 heterocycles. The van der Waals surface area contributed by atoms with E-state index in [1.165, 1.54) is 0 Å². The van der Waals surface area contributed by atoms with Crippen LogP contribution < -0.4 is 5.73 Å². The molecular formula is C11H10BrCl2N3. The van der Waals surface area contributed by atoms with Crippen LogP contribution in [-0.4, -0.2) is 9.55 Å². The van der Waals surface area contributed by atoms with Crippen molar-refractivity contribution in [3.8, 4) is 11.4 Å². The van der Waals surface area contributed by atoms with E-state index < -0.39 is 0 Å². The molecule has 0 fully saturated rings. The van der Waals surface area contributed by atoms with E-state index in [2.05, 4.69) is 20.9 Å². The average Bonchev–Trinajstić information content (AvgIpc) is 2.54. The minimum absolute atomic E-state index is 0.412. The molecule has 2 aromatic rings. The van der Waals surface area contributed by atoms with Gasteiger partial charge in [0.05, 0.1) is 10.7 Å². The van der Waals surface area contributed by atoms with Crippen molar-refractivity contribution in [2.75, 3.05) is 0 Å². The number of benzene rings is 1. The maximum Gasteiger partial charge on any atom is 0.142 e. The summed E-state index contributed by atoms with van der Waals surface area (Å²) in [6.45, 7) is 0.412. The van der Waals surface area contributed by atoms with Crippen molar-refractivity contribution in [2.24, 2.45) is 12.8 Å². The topological polar surface area (TPSA) is 43.8 Å². The summed E-state index contributed by atoms with van der Waals surface area (Å²) in [6.07, 6.45) is 0. The number of halogens is 3. The van der Waals surface area contributed by atoms with Crippen LogP contribution in [0.5, 0.6) is 0 Å². The molecule has 0 atom stereocenters. The van der Waals surface area contributed by atoms with E-state index in [0.717, 1.165) is 21.7 Å². The summed E-state index contributed by atoms with van der Waals surface area (Å²) < 4.78 is 2.66. The first-order valence-corrected chi connectivity index (χ1v) is 6.46. The molecular weight excluding hydrogens is 325 g/mol. The zero-order valence-electron chi connectivity index (χ0n) is 9.04. The Morgan fingerprint density at radius 2 is 2.12 bits per heavy atom. The van der Waals surface area contributed by atoms with Gasteiger partial charge in [0.15, 0.2) is 0 Å². The molecule has 0 saturated carbocycles. The highest BCUT2D eigenvalue weighted by Gasteiger charge is 2.15. The Kier molecular flexibility index (Phi) is 3.78. The van der Waals surface area contributed by atoms with Gasteiger partial charge >= 0.3 is 0 Å². The maximum absolute atomic E-state index is 6.16. The van der Waals surface area contributed by atoms with Gasteiger partial charge in [0.1, 0.15) is 10.4 Å². The molecule has 2 rings (SSSR count). The van der Waals surface area contributed by atoms with Gasteiger partial charge in [-0.15, -0.1) is 0 Å². The molecule has 0 aliphatic carbocycles. The fourth-order valence-corrected chi connectivity index (χ4v) is 2.72. The molecule has 0 bridgehead atoms. The first-order chi connectivity index (χ1) is 8.04. The highest BCUT2D eigenvalue weighted by molar-refractivity contribution is 9.10. The van der Waals surface area contributed by atoms with Gasteiger partial charge in [-0.2, -0.15) is 0 Å². The van der Waals surface area contributed by atoms with E-state index in [0.29, 0.717) is 16.6 Å². The maximum atomic E-state index is 6.16. The Morgan fingerprint density at radius 3 is 2.65 bits per heavy atom. The van der Waals surface area contributed by atoms with Crippen LogP contribution in [0.15, 0.2) is 22.8 Å². The van der Waals surface area contributed by atoms with Crippen LogP contribution in [0.25, 0.3) is 11.4 Å². The molecule has 3 nitrogen and oxygen atoms in total. The van der Waals surface area contributed by atoms with Crippen LogP contribution in [0.2, 0.25) is 10.0 Å². The van der Waals surface area contributed by atoms with E-state index in [9.17, 15) is 0 Å². The molecule has 2 N–H and O–H groups in total. The molecule has 0 unspecified atom stereocenters. The minimum atomic E-state index is 0.412. The van der Waals surface area contributed by atoms with Gasteiger partial charge in [0.2, 0.25) is 0 Å². The molecule has 1 aromatic carbocycles. The molecule has 0 aliphatic rings. The SMILES string of the molecule is Cn1c(-c2ccc(Cl)cc2Cl)nc(Br)c1CN. The van der Waals surface area contributed by atoms with Crippen molar-refractivity contribution in [3.63, 3.8) is 0 Å². The molecule has 0 amide bonds. The Hall–Kier alpha value is -0.550. The van der Waals surface area contributed by atoms with Crippen LogP contribution in [-0.2, 0) is 13.6 Å². The van der Waals surface area contributed by atoms with Gasteiger partial charge < -0.3 is 10.3 Å². The van der Waals surface area contributed by atoms with Gasteiger partial charge in [-0.1, -0.05) is 23.2 Å². The predicted molar refractivity (Wildman–Crippen MR) is 74.3 cm³/mol. The highest BCUT2D eigenvalue weighted by Crippen LogP contribution is 2.31. The number of aromatic nitrogens is 2. The van der Waals surface area contributed by atoms with Gasteiger partial charge in [-0.05, 0) is 34.1 Å². The van der Waals surface area contributed by atoms with Gasteiger partial charge in [-0.25, -0.2) is 4.98 Å². The lowest BCUT2D eigenvalue weighted by atomic mass is 10.2. The van der Waals surface area contributed by atoms with Gasteiger partial charge in [-0.3, -0.25) is 0 Å².